The molecular weight excluding hydrogens is 244 g/mol. The van der Waals surface area contributed by atoms with E-state index in [0.29, 0.717) is 0 Å². The smallest absolute Gasteiger partial charge is 0.269 e. The molecule has 0 unspecified atom stereocenters. The maximum atomic E-state index is 10.6. The Labute approximate surface area is 110 Å². The van der Waals surface area contributed by atoms with Crippen LogP contribution < -0.4 is 5.62 Å². The number of nitro groups is 1. The maximum absolute atomic E-state index is 10.6. The van der Waals surface area contributed by atoms with Crippen LogP contribution in [0.1, 0.15) is 11.4 Å². The zero-order valence-electron chi connectivity index (χ0n) is 11.0. The summed E-state index contributed by atoms with van der Waals surface area (Å²) in [6, 6.07) is 6.36. The Balaban J connectivity index is 2.62. The molecule has 0 atom stereocenters. The van der Waals surface area contributed by atoms with Crippen LogP contribution in [-0.2, 0) is 7.05 Å². The first-order valence-electron chi connectivity index (χ1n) is 5.75. The molecule has 2 aromatic rings. The monoisotopic (exact) mass is 258 g/mol. The standard InChI is InChI=1S/C13H14N4O2/c1-8-12(9(2)16(3)13(14)15-8)10-4-6-11(7-5-10)17(18)19/h4-7,14H,1-3H3. The lowest BCUT2D eigenvalue weighted by Crippen LogP contribution is -2.24. The van der Waals surface area contributed by atoms with Gasteiger partial charge in [0, 0.05) is 30.4 Å². The van der Waals surface area contributed by atoms with Crippen LogP contribution in [0.25, 0.3) is 11.1 Å². The Kier molecular flexibility index (Phi) is 3.16. The summed E-state index contributed by atoms with van der Waals surface area (Å²) in [7, 11) is 1.78. The Morgan fingerprint density at radius 2 is 1.84 bits per heavy atom. The maximum Gasteiger partial charge on any atom is 0.269 e. The molecule has 0 saturated heterocycles. The lowest BCUT2D eigenvalue weighted by atomic mass is 10.0. The first-order valence-corrected chi connectivity index (χ1v) is 5.75. The topological polar surface area (TPSA) is 84.8 Å². The van der Waals surface area contributed by atoms with Crippen LogP contribution in [0, 0.1) is 29.4 Å². The fourth-order valence-corrected chi connectivity index (χ4v) is 2.05. The van der Waals surface area contributed by atoms with Gasteiger partial charge in [-0.25, -0.2) is 4.98 Å². The van der Waals surface area contributed by atoms with Crippen LogP contribution in [0.3, 0.4) is 0 Å². The Bertz CT molecular complexity index is 702. The van der Waals surface area contributed by atoms with Gasteiger partial charge in [-0.1, -0.05) is 0 Å². The van der Waals surface area contributed by atoms with Crippen molar-refractivity contribution in [3.8, 4) is 11.1 Å². The zero-order valence-corrected chi connectivity index (χ0v) is 11.0. The van der Waals surface area contributed by atoms with Crippen molar-refractivity contribution >= 4 is 5.69 Å². The molecule has 0 spiro atoms. The van der Waals surface area contributed by atoms with Gasteiger partial charge < -0.3 is 4.57 Å². The van der Waals surface area contributed by atoms with Gasteiger partial charge >= 0.3 is 0 Å². The van der Waals surface area contributed by atoms with Gasteiger partial charge in [-0.2, -0.15) is 0 Å². The summed E-state index contributed by atoms with van der Waals surface area (Å²) in [5.74, 6) is 0. The molecule has 1 aromatic carbocycles. The van der Waals surface area contributed by atoms with Crippen molar-refractivity contribution in [3.05, 3.63) is 51.4 Å². The zero-order chi connectivity index (χ0) is 14.2. The predicted octanol–water partition coefficient (Wildman–Crippen LogP) is 2.09. The van der Waals surface area contributed by atoms with Gasteiger partial charge in [0.05, 0.1) is 10.6 Å². The van der Waals surface area contributed by atoms with E-state index in [1.54, 1.807) is 23.7 Å². The Morgan fingerprint density at radius 3 is 2.37 bits per heavy atom. The van der Waals surface area contributed by atoms with Gasteiger partial charge in [0.25, 0.3) is 5.69 Å². The van der Waals surface area contributed by atoms with Crippen molar-refractivity contribution in [2.45, 2.75) is 13.8 Å². The van der Waals surface area contributed by atoms with Crippen molar-refractivity contribution in [1.29, 1.82) is 5.41 Å². The summed E-state index contributed by atoms with van der Waals surface area (Å²) in [5, 5.41) is 18.4. The molecule has 0 aliphatic carbocycles. The molecule has 1 aromatic heterocycles. The van der Waals surface area contributed by atoms with E-state index < -0.39 is 4.92 Å². The highest BCUT2D eigenvalue weighted by Crippen LogP contribution is 2.26. The van der Waals surface area contributed by atoms with Crippen molar-refractivity contribution in [1.82, 2.24) is 9.55 Å². The molecule has 0 bridgehead atoms. The third-order valence-electron chi connectivity index (χ3n) is 3.18. The average Bonchev–Trinajstić information content (AvgIpc) is 2.37. The summed E-state index contributed by atoms with van der Waals surface area (Å²) in [6.07, 6.45) is 0. The predicted molar refractivity (Wildman–Crippen MR) is 70.6 cm³/mol. The number of nitrogens with one attached hydrogen (secondary N) is 1. The number of benzene rings is 1. The van der Waals surface area contributed by atoms with Crippen molar-refractivity contribution in [3.63, 3.8) is 0 Å². The molecule has 6 heteroatoms. The van der Waals surface area contributed by atoms with E-state index in [-0.39, 0.29) is 11.3 Å². The van der Waals surface area contributed by atoms with Crippen LogP contribution >= 0.6 is 0 Å². The molecular formula is C13H14N4O2. The molecule has 98 valence electrons. The second-order valence-corrected chi connectivity index (χ2v) is 4.34. The van der Waals surface area contributed by atoms with Crippen LogP contribution in [0.2, 0.25) is 0 Å². The Morgan fingerprint density at radius 1 is 1.26 bits per heavy atom. The third-order valence-corrected chi connectivity index (χ3v) is 3.18. The number of hydrogen-bond acceptors (Lipinski definition) is 4. The first kappa shape index (κ1) is 12.9. The van der Waals surface area contributed by atoms with Gasteiger partial charge in [0.1, 0.15) is 0 Å². The summed E-state index contributed by atoms with van der Waals surface area (Å²) < 4.78 is 1.68. The molecule has 1 heterocycles. The van der Waals surface area contributed by atoms with E-state index in [4.69, 9.17) is 5.41 Å². The average molecular weight is 258 g/mol. The summed E-state index contributed by atoms with van der Waals surface area (Å²) in [5.41, 5.74) is 3.69. The molecule has 0 amide bonds. The molecule has 1 N–H and O–H groups in total. The highest BCUT2D eigenvalue weighted by atomic mass is 16.6. The van der Waals surface area contributed by atoms with Gasteiger partial charge in [-0.3, -0.25) is 15.5 Å². The van der Waals surface area contributed by atoms with Crippen LogP contribution in [0.15, 0.2) is 24.3 Å². The summed E-state index contributed by atoms with van der Waals surface area (Å²) >= 11 is 0. The molecule has 19 heavy (non-hydrogen) atoms. The number of rotatable bonds is 2. The molecule has 0 aliphatic rings. The quantitative estimate of drug-likeness (QED) is 0.661. The second kappa shape index (κ2) is 4.64. The molecule has 0 radical (unpaired) electrons. The van der Waals surface area contributed by atoms with Crippen LogP contribution in [-0.4, -0.2) is 14.5 Å². The third kappa shape index (κ3) is 2.24. The minimum atomic E-state index is -0.422. The minimum Gasteiger partial charge on any atom is -0.317 e. The highest BCUT2D eigenvalue weighted by molar-refractivity contribution is 5.69. The van der Waals surface area contributed by atoms with E-state index in [1.807, 2.05) is 13.8 Å². The lowest BCUT2D eigenvalue weighted by Gasteiger charge is -2.13. The van der Waals surface area contributed by atoms with Gasteiger partial charge in [0.2, 0.25) is 5.62 Å². The van der Waals surface area contributed by atoms with Crippen LogP contribution in [0.4, 0.5) is 5.69 Å². The fraction of sp³-hybridized carbons (Fsp3) is 0.231. The van der Waals surface area contributed by atoms with Crippen molar-refractivity contribution < 1.29 is 4.92 Å². The lowest BCUT2D eigenvalue weighted by molar-refractivity contribution is -0.384. The number of nitro benzene ring substituents is 1. The highest BCUT2D eigenvalue weighted by Gasteiger charge is 2.12. The molecule has 2 rings (SSSR count). The number of non-ortho nitro benzene ring substituents is 1. The largest absolute Gasteiger partial charge is 0.317 e. The van der Waals surface area contributed by atoms with E-state index in [1.165, 1.54) is 12.1 Å². The van der Waals surface area contributed by atoms with E-state index >= 15 is 0 Å². The molecule has 6 nitrogen and oxygen atoms in total. The van der Waals surface area contributed by atoms with Gasteiger partial charge in [0.15, 0.2) is 0 Å². The summed E-state index contributed by atoms with van der Waals surface area (Å²) in [4.78, 5) is 14.4. The van der Waals surface area contributed by atoms with Gasteiger partial charge in [-0.15, -0.1) is 0 Å². The number of hydrogen-bond donors (Lipinski definition) is 1. The van der Waals surface area contributed by atoms with E-state index in [0.717, 1.165) is 22.5 Å². The van der Waals surface area contributed by atoms with E-state index in [9.17, 15) is 10.1 Å². The van der Waals surface area contributed by atoms with Crippen molar-refractivity contribution in [2.75, 3.05) is 0 Å². The fourth-order valence-electron chi connectivity index (χ4n) is 2.05. The number of aryl methyl sites for hydroxylation is 1. The molecule has 0 saturated carbocycles. The number of aromatic nitrogens is 2. The number of nitrogens with zero attached hydrogens (tertiary/aromatic N) is 3. The van der Waals surface area contributed by atoms with Crippen molar-refractivity contribution in [2.24, 2.45) is 7.05 Å². The minimum absolute atomic E-state index is 0.0634. The first-order chi connectivity index (χ1) is 8.91. The molecule has 0 fully saturated rings. The van der Waals surface area contributed by atoms with Crippen LogP contribution in [0.5, 0.6) is 0 Å². The summed E-state index contributed by atoms with van der Waals surface area (Å²) in [6.45, 7) is 3.74. The Hall–Kier alpha value is -2.50. The van der Waals surface area contributed by atoms with Gasteiger partial charge in [-0.05, 0) is 31.5 Å². The molecule has 0 aliphatic heterocycles. The SMILES string of the molecule is Cc1nc(=N)n(C)c(C)c1-c1ccc([N+](=O)[O-])cc1. The normalized spacial score (nSPS) is 10.5. The second-order valence-electron chi connectivity index (χ2n) is 4.34. The van der Waals surface area contributed by atoms with E-state index in [2.05, 4.69) is 4.98 Å².